The molecule has 34 heavy (non-hydrogen) atoms. The van der Waals surface area contributed by atoms with Gasteiger partial charge in [-0.2, -0.15) is 0 Å². The summed E-state index contributed by atoms with van der Waals surface area (Å²) in [4.78, 5) is 26.1. The highest BCUT2D eigenvalue weighted by Gasteiger charge is 2.44. The zero-order chi connectivity index (χ0) is 24.3. The predicted molar refractivity (Wildman–Crippen MR) is 133 cm³/mol. The fourth-order valence-electron chi connectivity index (χ4n) is 4.31. The van der Waals surface area contributed by atoms with E-state index in [2.05, 4.69) is 30.0 Å². The quantitative estimate of drug-likeness (QED) is 0.473. The first-order valence-corrected chi connectivity index (χ1v) is 11.2. The van der Waals surface area contributed by atoms with Gasteiger partial charge in [0, 0.05) is 0 Å². The lowest BCUT2D eigenvalue weighted by atomic mass is 9.85. The SMILES string of the molecule is CC#CC(CC(=O)O)c1ccc(OCN2C(=O)C(C)(C)c3cc(-c4ccccc4)ccc32)cc1. The second-order valence-corrected chi connectivity index (χ2v) is 8.84. The van der Waals surface area contributed by atoms with E-state index in [1.807, 2.05) is 56.3 Å². The molecule has 0 aliphatic carbocycles. The fraction of sp³-hybridized carbons (Fsp3) is 0.241. The Balaban J connectivity index is 1.52. The molecule has 0 fully saturated rings. The van der Waals surface area contributed by atoms with Gasteiger partial charge in [-0.3, -0.25) is 14.5 Å². The molecule has 3 aromatic rings. The molecule has 1 amide bonds. The zero-order valence-corrected chi connectivity index (χ0v) is 19.5. The molecule has 0 saturated heterocycles. The second-order valence-electron chi connectivity index (χ2n) is 8.84. The van der Waals surface area contributed by atoms with E-state index in [1.54, 1.807) is 24.0 Å². The van der Waals surface area contributed by atoms with Crippen molar-refractivity contribution in [2.24, 2.45) is 0 Å². The van der Waals surface area contributed by atoms with Gasteiger partial charge in [-0.1, -0.05) is 54.5 Å². The Labute approximate surface area is 200 Å². The maximum Gasteiger partial charge on any atom is 0.304 e. The van der Waals surface area contributed by atoms with Crippen LogP contribution < -0.4 is 9.64 Å². The molecular weight excluding hydrogens is 426 g/mol. The van der Waals surface area contributed by atoms with Crippen LogP contribution in [0.3, 0.4) is 0 Å². The Hall–Kier alpha value is -4.04. The van der Waals surface area contributed by atoms with Crippen molar-refractivity contribution in [2.75, 3.05) is 11.6 Å². The minimum atomic E-state index is -0.891. The van der Waals surface area contributed by atoms with Crippen molar-refractivity contribution in [3.05, 3.63) is 83.9 Å². The monoisotopic (exact) mass is 453 g/mol. The molecule has 0 aromatic heterocycles. The van der Waals surface area contributed by atoms with Crippen LogP contribution in [0.25, 0.3) is 11.1 Å². The van der Waals surface area contributed by atoms with Gasteiger partial charge in [0.25, 0.3) is 0 Å². The van der Waals surface area contributed by atoms with E-state index in [0.29, 0.717) is 5.75 Å². The van der Waals surface area contributed by atoms with Crippen molar-refractivity contribution in [1.29, 1.82) is 0 Å². The van der Waals surface area contributed by atoms with Crippen molar-refractivity contribution in [3.8, 4) is 28.7 Å². The van der Waals surface area contributed by atoms with Gasteiger partial charge in [-0.05, 0) is 67.3 Å². The molecule has 1 atom stereocenters. The van der Waals surface area contributed by atoms with Crippen molar-refractivity contribution in [1.82, 2.24) is 0 Å². The Bertz CT molecular complexity index is 1270. The maximum absolute atomic E-state index is 13.2. The van der Waals surface area contributed by atoms with Gasteiger partial charge in [0.2, 0.25) is 5.91 Å². The summed E-state index contributed by atoms with van der Waals surface area (Å²) < 4.78 is 5.95. The topological polar surface area (TPSA) is 66.8 Å². The number of ether oxygens (including phenoxy) is 1. The van der Waals surface area contributed by atoms with Crippen LogP contribution in [0.2, 0.25) is 0 Å². The highest BCUT2D eigenvalue weighted by molar-refractivity contribution is 6.07. The smallest absolute Gasteiger partial charge is 0.304 e. The van der Waals surface area contributed by atoms with Gasteiger partial charge < -0.3 is 9.84 Å². The molecule has 5 heteroatoms. The van der Waals surface area contributed by atoms with Crippen LogP contribution in [-0.4, -0.2) is 23.7 Å². The van der Waals surface area contributed by atoms with Crippen LogP contribution in [0.15, 0.2) is 72.8 Å². The average Bonchev–Trinajstić information content (AvgIpc) is 3.03. The van der Waals surface area contributed by atoms with E-state index < -0.39 is 11.4 Å². The summed E-state index contributed by atoms with van der Waals surface area (Å²) >= 11 is 0. The van der Waals surface area contributed by atoms with Crippen LogP contribution in [-0.2, 0) is 15.0 Å². The number of carbonyl (C=O) groups is 2. The third-order valence-electron chi connectivity index (χ3n) is 6.19. The number of rotatable bonds is 7. The summed E-state index contributed by atoms with van der Waals surface area (Å²) in [5, 5.41) is 9.13. The number of carboxylic acid groups (broad SMARTS) is 1. The molecule has 5 nitrogen and oxygen atoms in total. The summed E-state index contributed by atoms with van der Waals surface area (Å²) in [6.45, 7) is 5.67. The molecule has 0 spiro atoms. The molecule has 1 heterocycles. The van der Waals surface area contributed by atoms with E-state index in [-0.39, 0.29) is 25.0 Å². The summed E-state index contributed by atoms with van der Waals surface area (Å²) in [5.41, 5.74) is 4.18. The van der Waals surface area contributed by atoms with Crippen molar-refractivity contribution in [2.45, 2.75) is 38.5 Å². The van der Waals surface area contributed by atoms with Crippen LogP contribution in [0, 0.1) is 11.8 Å². The first-order valence-electron chi connectivity index (χ1n) is 11.2. The summed E-state index contributed by atoms with van der Waals surface area (Å²) in [6, 6.07) is 23.4. The number of nitrogens with zero attached hydrogens (tertiary/aromatic N) is 1. The highest BCUT2D eigenvalue weighted by atomic mass is 16.5. The molecule has 0 radical (unpaired) electrons. The minimum Gasteiger partial charge on any atom is -0.481 e. The largest absolute Gasteiger partial charge is 0.481 e. The van der Waals surface area contributed by atoms with Crippen molar-refractivity contribution in [3.63, 3.8) is 0 Å². The number of fused-ring (bicyclic) bond motifs is 1. The fourth-order valence-corrected chi connectivity index (χ4v) is 4.31. The number of anilines is 1. The number of amides is 1. The van der Waals surface area contributed by atoms with Gasteiger partial charge in [-0.25, -0.2) is 0 Å². The number of benzene rings is 3. The molecule has 1 N–H and O–H groups in total. The lowest BCUT2D eigenvalue weighted by Gasteiger charge is -2.21. The van der Waals surface area contributed by atoms with Gasteiger partial charge in [-0.15, -0.1) is 5.92 Å². The number of carboxylic acids is 1. The molecule has 4 rings (SSSR count). The van der Waals surface area contributed by atoms with E-state index in [0.717, 1.165) is 27.9 Å². The molecule has 0 bridgehead atoms. The van der Waals surface area contributed by atoms with Gasteiger partial charge in [0.15, 0.2) is 6.73 Å². The first-order chi connectivity index (χ1) is 16.3. The molecule has 172 valence electrons. The van der Waals surface area contributed by atoms with E-state index in [1.165, 1.54) is 0 Å². The van der Waals surface area contributed by atoms with E-state index in [4.69, 9.17) is 9.84 Å². The predicted octanol–water partition coefficient (Wildman–Crippen LogP) is 5.60. The standard InChI is InChI=1S/C29H27NO4/c1-4-8-22(18-27(31)32)21-11-14-24(15-12-21)34-19-30-26-16-13-23(20-9-6-5-7-10-20)17-25(26)29(2,3)28(30)33/h5-7,9-17,22H,18-19H2,1-3H3,(H,31,32). The number of carbonyl (C=O) groups excluding carboxylic acids is 1. The lowest BCUT2D eigenvalue weighted by molar-refractivity contribution is -0.137. The second kappa shape index (κ2) is 9.44. The van der Waals surface area contributed by atoms with Crippen LogP contribution in [0.1, 0.15) is 44.2 Å². The Morgan fingerprint density at radius 3 is 2.38 bits per heavy atom. The van der Waals surface area contributed by atoms with Crippen LogP contribution in [0.5, 0.6) is 5.75 Å². The molecule has 1 unspecified atom stereocenters. The van der Waals surface area contributed by atoms with Crippen LogP contribution >= 0.6 is 0 Å². The molecule has 3 aromatic carbocycles. The third-order valence-corrected chi connectivity index (χ3v) is 6.19. The number of hydrogen-bond donors (Lipinski definition) is 1. The first kappa shape index (κ1) is 23.1. The molecule has 0 saturated carbocycles. The summed E-state index contributed by atoms with van der Waals surface area (Å²) in [7, 11) is 0. The van der Waals surface area contributed by atoms with Crippen LogP contribution in [0.4, 0.5) is 5.69 Å². The zero-order valence-electron chi connectivity index (χ0n) is 19.5. The number of hydrogen-bond acceptors (Lipinski definition) is 3. The van der Waals surface area contributed by atoms with Gasteiger partial charge in [0.1, 0.15) is 5.75 Å². The molecule has 1 aliphatic rings. The van der Waals surface area contributed by atoms with Crippen molar-refractivity contribution < 1.29 is 19.4 Å². The normalized spacial score (nSPS) is 14.7. The lowest BCUT2D eigenvalue weighted by Crippen LogP contribution is -2.38. The molecular formula is C29H27NO4. The summed E-state index contributed by atoms with van der Waals surface area (Å²) in [5.74, 6) is 5.07. The third kappa shape index (κ3) is 4.53. The molecule has 1 aliphatic heterocycles. The Morgan fingerprint density at radius 1 is 1.03 bits per heavy atom. The Kier molecular flexibility index (Phi) is 6.43. The van der Waals surface area contributed by atoms with E-state index in [9.17, 15) is 9.59 Å². The summed E-state index contributed by atoms with van der Waals surface area (Å²) in [6.07, 6.45) is -0.0554. The van der Waals surface area contributed by atoms with Gasteiger partial charge >= 0.3 is 5.97 Å². The maximum atomic E-state index is 13.2. The van der Waals surface area contributed by atoms with Gasteiger partial charge in [0.05, 0.1) is 23.4 Å². The number of aliphatic carboxylic acids is 1. The highest BCUT2D eigenvalue weighted by Crippen LogP contribution is 2.43. The van der Waals surface area contributed by atoms with E-state index >= 15 is 0 Å². The average molecular weight is 454 g/mol. The minimum absolute atomic E-state index is 0.0101. The van der Waals surface area contributed by atoms with Crippen molar-refractivity contribution >= 4 is 17.6 Å². The Morgan fingerprint density at radius 2 is 1.74 bits per heavy atom.